The first kappa shape index (κ1) is 12.6. The standard InChI is InChI=1S/C11H19N3O2S/c1-2-10(11-12-5-6-13-11)14-9-3-7-17(15,16)8-4-9/h5-6,9-10,14H,2-4,7-8H2,1H3,(H,12,13). The first-order valence-corrected chi connectivity index (χ1v) is 7.88. The van der Waals surface area contributed by atoms with Crippen LogP contribution in [0.2, 0.25) is 0 Å². The summed E-state index contributed by atoms with van der Waals surface area (Å²) in [5.74, 6) is 1.54. The Labute approximate surface area is 102 Å². The van der Waals surface area contributed by atoms with Gasteiger partial charge >= 0.3 is 0 Å². The molecule has 0 aliphatic carbocycles. The Kier molecular flexibility index (Phi) is 3.83. The van der Waals surface area contributed by atoms with Gasteiger partial charge in [0.1, 0.15) is 15.7 Å². The highest BCUT2D eigenvalue weighted by Gasteiger charge is 2.25. The van der Waals surface area contributed by atoms with Crippen LogP contribution in [0.25, 0.3) is 0 Å². The molecule has 6 heteroatoms. The highest BCUT2D eigenvalue weighted by molar-refractivity contribution is 7.91. The van der Waals surface area contributed by atoms with Gasteiger partial charge in [0, 0.05) is 18.4 Å². The summed E-state index contributed by atoms with van der Waals surface area (Å²) in [4.78, 5) is 7.35. The first-order chi connectivity index (χ1) is 8.11. The lowest BCUT2D eigenvalue weighted by molar-refractivity contribution is 0.388. The molecule has 0 saturated carbocycles. The predicted molar refractivity (Wildman–Crippen MR) is 66.4 cm³/mol. The van der Waals surface area contributed by atoms with E-state index >= 15 is 0 Å². The third-order valence-corrected chi connectivity index (χ3v) is 4.96. The topological polar surface area (TPSA) is 74.8 Å². The predicted octanol–water partition coefficient (Wildman–Crippen LogP) is 1.03. The van der Waals surface area contributed by atoms with Crippen LogP contribution in [-0.4, -0.2) is 35.9 Å². The van der Waals surface area contributed by atoms with Crippen LogP contribution in [0.5, 0.6) is 0 Å². The van der Waals surface area contributed by atoms with E-state index in [1.807, 2.05) is 6.20 Å². The number of aromatic nitrogens is 2. The number of nitrogens with one attached hydrogen (secondary N) is 2. The van der Waals surface area contributed by atoms with Gasteiger partial charge in [0.15, 0.2) is 0 Å². The maximum atomic E-state index is 11.3. The number of aromatic amines is 1. The van der Waals surface area contributed by atoms with Crippen molar-refractivity contribution in [2.45, 2.75) is 38.3 Å². The molecule has 1 unspecified atom stereocenters. The fraction of sp³-hybridized carbons (Fsp3) is 0.727. The van der Waals surface area contributed by atoms with Crippen molar-refractivity contribution in [3.8, 4) is 0 Å². The van der Waals surface area contributed by atoms with Gasteiger partial charge in [0.2, 0.25) is 0 Å². The van der Waals surface area contributed by atoms with Gasteiger partial charge in [-0.2, -0.15) is 0 Å². The summed E-state index contributed by atoms with van der Waals surface area (Å²) >= 11 is 0. The number of H-pyrrole nitrogens is 1. The molecule has 2 heterocycles. The highest BCUT2D eigenvalue weighted by Crippen LogP contribution is 2.18. The zero-order valence-electron chi connectivity index (χ0n) is 10.0. The molecular weight excluding hydrogens is 238 g/mol. The molecule has 17 heavy (non-hydrogen) atoms. The van der Waals surface area contributed by atoms with Crippen LogP contribution < -0.4 is 5.32 Å². The molecule has 0 aromatic carbocycles. The molecule has 1 atom stereocenters. The van der Waals surface area contributed by atoms with Gasteiger partial charge in [-0.3, -0.25) is 0 Å². The maximum Gasteiger partial charge on any atom is 0.150 e. The maximum absolute atomic E-state index is 11.3. The van der Waals surface area contributed by atoms with Crippen molar-refractivity contribution in [1.29, 1.82) is 0 Å². The Bertz CT molecular complexity index is 427. The van der Waals surface area contributed by atoms with Crippen LogP contribution >= 0.6 is 0 Å². The Balaban J connectivity index is 1.92. The second-order valence-corrected chi connectivity index (χ2v) is 6.83. The Morgan fingerprint density at radius 1 is 1.53 bits per heavy atom. The molecule has 1 fully saturated rings. The molecule has 0 bridgehead atoms. The number of hydrogen-bond acceptors (Lipinski definition) is 4. The lowest BCUT2D eigenvalue weighted by Crippen LogP contribution is -2.39. The van der Waals surface area contributed by atoms with Gasteiger partial charge in [0.05, 0.1) is 17.5 Å². The molecule has 1 aliphatic rings. The van der Waals surface area contributed by atoms with Crippen LogP contribution in [0, 0.1) is 0 Å². The average Bonchev–Trinajstić information content (AvgIpc) is 2.81. The van der Waals surface area contributed by atoms with E-state index in [0.717, 1.165) is 12.2 Å². The van der Waals surface area contributed by atoms with Crippen LogP contribution in [-0.2, 0) is 9.84 Å². The summed E-state index contributed by atoms with van der Waals surface area (Å²) in [7, 11) is -2.78. The summed E-state index contributed by atoms with van der Waals surface area (Å²) in [6, 6.07) is 0.476. The van der Waals surface area contributed by atoms with Gasteiger partial charge in [-0.15, -0.1) is 0 Å². The smallest absolute Gasteiger partial charge is 0.150 e. The number of nitrogens with zero attached hydrogens (tertiary/aromatic N) is 1. The van der Waals surface area contributed by atoms with Crippen molar-refractivity contribution in [2.75, 3.05) is 11.5 Å². The van der Waals surface area contributed by atoms with E-state index in [-0.39, 0.29) is 12.1 Å². The van der Waals surface area contributed by atoms with E-state index in [4.69, 9.17) is 0 Å². The van der Waals surface area contributed by atoms with Gasteiger partial charge in [-0.25, -0.2) is 13.4 Å². The third-order valence-electron chi connectivity index (χ3n) is 3.25. The molecule has 1 saturated heterocycles. The van der Waals surface area contributed by atoms with E-state index < -0.39 is 9.84 Å². The molecule has 0 amide bonds. The molecule has 0 radical (unpaired) electrons. The monoisotopic (exact) mass is 257 g/mol. The van der Waals surface area contributed by atoms with Crippen molar-refractivity contribution in [3.63, 3.8) is 0 Å². The molecular formula is C11H19N3O2S. The highest BCUT2D eigenvalue weighted by atomic mass is 32.2. The van der Waals surface area contributed by atoms with Crippen molar-refractivity contribution in [1.82, 2.24) is 15.3 Å². The van der Waals surface area contributed by atoms with E-state index in [1.165, 1.54) is 0 Å². The Hall–Kier alpha value is -0.880. The van der Waals surface area contributed by atoms with Gasteiger partial charge < -0.3 is 10.3 Å². The van der Waals surface area contributed by atoms with Crippen molar-refractivity contribution >= 4 is 9.84 Å². The lowest BCUT2D eigenvalue weighted by Gasteiger charge is -2.27. The number of imidazole rings is 1. The zero-order valence-corrected chi connectivity index (χ0v) is 10.8. The van der Waals surface area contributed by atoms with Crippen LogP contribution in [0.15, 0.2) is 12.4 Å². The minimum atomic E-state index is -2.78. The summed E-state index contributed by atoms with van der Waals surface area (Å²) in [5, 5.41) is 3.49. The lowest BCUT2D eigenvalue weighted by atomic mass is 10.1. The Morgan fingerprint density at radius 2 is 2.24 bits per heavy atom. The number of rotatable bonds is 4. The van der Waals surface area contributed by atoms with E-state index in [0.29, 0.717) is 24.3 Å². The molecule has 2 N–H and O–H groups in total. The minimum absolute atomic E-state index is 0.191. The summed E-state index contributed by atoms with van der Waals surface area (Å²) in [5.41, 5.74) is 0. The molecule has 1 aliphatic heterocycles. The van der Waals surface area contributed by atoms with Crippen LogP contribution in [0.3, 0.4) is 0 Å². The fourth-order valence-corrected chi connectivity index (χ4v) is 3.69. The average molecular weight is 257 g/mol. The van der Waals surface area contributed by atoms with Gasteiger partial charge in [-0.1, -0.05) is 6.92 Å². The number of hydrogen-bond donors (Lipinski definition) is 2. The second kappa shape index (κ2) is 5.18. The zero-order chi connectivity index (χ0) is 12.3. The summed E-state index contributed by atoms with van der Waals surface area (Å²) < 4.78 is 22.7. The van der Waals surface area contributed by atoms with Crippen LogP contribution in [0.4, 0.5) is 0 Å². The third kappa shape index (κ3) is 3.29. The minimum Gasteiger partial charge on any atom is -0.347 e. The summed E-state index contributed by atoms with van der Waals surface area (Å²) in [6.45, 7) is 2.10. The first-order valence-electron chi connectivity index (χ1n) is 6.06. The quantitative estimate of drug-likeness (QED) is 0.844. The molecule has 2 rings (SSSR count). The summed E-state index contributed by atoms with van der Waals surface area (Å²) in [6.07, 6.45) is 5.91. The molecule has 1 aromatic rings. The van der Waals surface area contributed by atoms with Crippen molar-refractivity contribution in [2.24, 2.45) is 0 Å². The van der Waals surface area contributed by atoms with Gasteiger partial charge in [-0.05, 0) is 19.3 Å². The van der Waals surface area contributed by atoms with Crippen molar-refractivity contribution < 1.29 is 8.42 Å². The molecule has 1 aromatic heterocycles. The second-order valence-electron chi connectivity index (χ2n) is 4.53. The Morgan fingerprint density at radius 3 is 2.76 bits per heavy atom. The normalized spacial score (nSPS) is 22.4. The fourth-order valence-electron chi connectivity index (χ4n) is 2.20. The van der Waals surface area contributed by atoms with E-state index in [9.17, 15) is 8.42 Å². The number of sulfone groups is 1. The molecule has 0 spiro atoms. The van der Waals surface area contributed by atoms with E-state index in [1.54, 1.807) is 6.20 Å². The molecule has 5 nitrogen and oxygen atoms in total. The SMILES string of the molecule is CCC(NC1CCS(=O)(=O)CC1)c1ncc[nH]1. The van der Waals surface area contributed by atoms with E-state index in [2.05, 4.69) is 22.2 Å². The largest absolute Gasteiger partial charge is 0.347 e. The van der Waals surface area contributed by atoms with Gasteiger partial charge in [0.25, 0.3) is 0 Å². The van der Waals surface area contributed by atoms with Crippen LogP contribution in [0.1, 0.15) is 38.1 Å². The van der Waals surface area contributed by atoms with Crippen molar-refractivity contribution in [3.05, 3.63) is 18.2 Å². The molecule has 96 valence electrons.